The number of ether oxygens (including phenoxy) is 1. The minimum atomic E-state index is -1.38. The van der Waals surface area contributed by atoms with E-state index in [1.165, 1.54) is 0 Å². The maximum absolute atomic E-state index is 13.2. The number of nitrogens with one attached hydrogen (secondary N) is 1. The van der Waals surface area contributed by atoms with Gasteiger partial charge in [-0.05, 0) is 13.8 Å². The first kappa shape index (κ1) is 20.0. The number of hydrogen-bond acceptors (Lipinski definition) is 4. The van der Waals surface area contributed by atoms with Crippen molar-refractivity contribution >= 4 is 10.8 Å². The zero-order valence-electron chi connectivity index (χ0n) is 17.2. The molecule has 5 nitrogen and oxygen atoms in total. The van der Waals surface area contributed by atoms with E-state index in [9.17, 15) is 4.21 Å². The van der Waals surface area contributed by atoms with Crippen LogP contribution in [0.1, 0.15) is 16.8 Å². The molecule has 0 bridgehead atoms. The van der Waals surface area contributed by atoms with Crippen LogP contribution in [-0.2, 0) is 16.6 Å². The van der Waals surface area contributed by atoms with Gasteiger partial charge in [-0.3, -0.25) is 9.19 Å². The van der Waals surface area contributed by atoms with Crippen molar-refractivity contribution in [2.75, 3.05) is 7.11 Å². The van der Waals surface area contributed by atoms with Gasteiger partial charge in [0, 0.05) is 28.5 Å². The molecule has 0 amide bonds. The molecule has 0 aliphatic rings. The largest absolute Gasteiger partial charge is 0.496 e. The molecule has 1 N–H and O–H groups in total. The number of aromatic nitrogens is 3. The van der Waals surface area contributed by atoms with Crippen molar-refractivity contribution in [2.24, 2.45) is 0 Å². The first-order valence-corrected chi connectivity index (χ1v) is 11.0. The van der Waals surface area contributed by atoms with E-state index in [1.54, 1.807) is 13.3 Å². The van der Waals surface area contributed by atoms with Gasteiger partial charge in [0.2, 0.25) is 0 Å². The Kier molecular flexibility index (Phi) is 5.77. The van der Waals surface area contributed by atoms with Crippen LogP contribution in [0, 0.1) is 13.8 Å². The summed E-state index contributed by atoms with van der Waals surface area (Å²) >= 11 is 0. The van der Waals surface area contributed by atoms with Crippen LogP contribution in [0.4, 0.5) is 0 Å². The molecule has 2 heterocycles. The van der Waals surface area contributed by atoms with Crippen molar-refractivity contribution < 1.29 is 8.95 Å². The van der Waals surface area contributed by atoms with E-state index < -0.39 is 10.8 Å². The first-order chi connectivity index (χ1) is 14.6. The van der Waals surface area contributed by atoms with Crippen LogP contribution in [0.2, 0.25) is 0 Å². The minimum absolute atomic E-state index is 0.262. The van der Waals surface area contributed by atoms with Crippen molar-refractivity contribution in [3.05, 3.63) is 83.7 Å². The molecule has 6 heteroatoms. The van der Waals surface area contributed by atoms with Gasteiger partial charge in [0.25, 0.3) is 0 Å². The molecule has 2 aromatic heterocycles. The molecule has 4 aromatic rings. The summed E-state index contributed by atoms with van der Waals surface area (Å²) in [5.74, 6) is 1.05. The summed E-state index contributed by atoms with van der Waals surface area (Å²) in [6, 6.07) is 19.9. The molecular formula is C24H23N3O2S. The van der Waals surface area contributed by atoms with Crippen molar-refractivity contribution in [1.29, 1.82) is 0 Å². The van der Waals surface area contributed by atoms with Crippen LogP contribution in [-0.4, -0.2) is 26.3 Å². The highest BCUT2D eigenvalue weighted by Gasteiger charge is 2.19. The number of imidazole rings is 1. The van der Waals surface area contributed by atoms with Gasteiger partial charge < -0.3 is 9.72 Å². The van der Waals surface area contributed by atoms with Gasteiger partial charge in [0.15, 0.2) is 5.16 Å². The molecule has 0 fully saturated rings. The Labute approximate surface area is 178 Å². The van der Waals surface area contributed by atoms with Gasteiger partial charge in [-0.15, -0.1) is 0 Å². The Hall–Kier alpha value is -3.25. The summed E-state index contributed by atoms with van der Waals surface area (Å²) in [5, 5.41) is 0.438. The van der Waals surface area contributed by atoms with Crippen molar-refractivity contribution in [2.45, 2.75) is 24.8 Å². The van der Waals surface area contributed by atoms with Crippen molar-refractivity contribution in [3.63, 3.8) is 0 Å². The quantitative estimate of drug-likeness (QED) is 0.475. The summed E-state index contributed by atoms with van der Waals surface area (Å²) in [7, 11) is 0.257. The molecule has 30 heavy (non-hydrogen) atoms. The third-order valence-corrected chi connectivity index (χ3v) is 6.19. The lowest BCUT2D eigenvalue weighted by Gasteiger charge is -2.11. The van der Waals surface area contributed by atoms with Gasteiger partial charge in [-0.2, -0.15) is 0 Å². The van der Waals surface area contributed by atoms with E-state index in [4.69, 9.17) is 9.72 Å². The second-order valence-electron chi connectivity index (χ2n) is 7.03. The zero-order chi connectivity index (χ0) is 21.1. The number of methoxy groups -OCH3 is 1. The molecule has 0 aliphatic heterocycles. The first-order valence-electron chi connectivity index (χ1n) is 9.66. The van der Waals surface area contributed by atoms with E-state index >= 15 is 0 Å². The molecule has 152 valence electrons. The van der Waals surface area contributed by atoms with Crippen LogP contribution >= 0.6 is 0 Å². The smallest absolute Gasteiger partial charge is 0.197 e. The fourth-order valence-corrected chi connectivity index (χ4v) is 4.57. The topological polar surface area (TPSA) is 67.9 Å². The fraction of sp³-hybridized carbons (Fsp3) is 0.167. The normalized spacial score (nSPS) is 12.0. The predicted molar refractivity (Wildman–Crippen MR) is 120 cm³/mol. The van der Waals surface area contributed by atoms with E-state index in [0.29, 0.717) is 5.16 Å². The lowest BCUT2D eigenvalue weighted by molar-refractivity contribution is 0.407. The number of rotatable bonds is 6. The average Bonchev–Trinajstić information content (AvgIpc) is 3.23. The number of aromatic amines is 1. The molecule has 0 aliphatic carbocycles. The summed E-state index contributed by atoms with van der Waals surface area (Å²) in [6.45, 7) is 3.89. The van der Waals surface area contributed by atoms with Gasteiger partial charge in [0.05, 0.1) is 40.7 Å². The predicted octanol–water partition coefficient (Wildman–Crippen LogP) is 5.07. The molecule has 0 spiro atoms. The van der Waals surface area contributed by atoms with Crippen LogP contribution in [0.5, 0.6) is 5.75 Å². The maximum atomic E-state index is 13.2. The van der Waals surface area contributed by atoms with Gasteiger partial charge in [-0.25, -0.2) is 4.98 Å². The van der Waals surface area contributed by atoms with Crippen LogP contribution in [0.25, 0.3) is 22.5 Å². The minimum Gasteiger partial charge on any atom is -0.496 e. The molecule has 0 saturated carbocycles. The Morgan fingerprint density at radius 3 is 2.23 bits per heavy atom. The van der Waals surface area contributed by atoms with Crippen molar-refractivity contribution in [3.8, 4) is 28.3 Å². The Balaban J connectivity index is 1.73. The molecular weight excluding hydrogens is 394 g/mol. The summed E-state index contributed by atoms with van der Waals surface area (Å²) in [4.78, 5) is 12.5. The molecule has 1 atom stereocenters. The number of benzene rings is 2. The van der Waals surface area contributed by atoms with Gasteiger partial charge in [0.1, 0.15) is 5.75 Å². The third kappa shape index (κ3) is 3.91. The SMILES string of the molecule is COc1c(C)cnc(CS(=O)c2nc(-c3ccccc3)c(-c3ccccc3)[nH]2)c1C. The van der Waals surface area contributed by atoms with E-state index in [1.807, 2.05) is 74.5 Å². The third-order valence-electron chi connectivity index (χ3n) is 5.03. The second kappa shape index (κ2) is 8.63. The highest BCUT2D eigenvalue weighted by molar-refractivity contribution is 7.84. The Morgan fingerprint density at radius 1 is 0.967 bits per heavy atom. The second-order valence-corrected chi connectivity index (χ2v) is 8.40. The zero-order valence-corrected chi connectivity index (χ0v) is 18.0. The van der Waals surface area contributed by atoms with Crippen LogP contribution in [0.15, 0.2) is 72.0 Å². The monoisotopic (exact) mass is 417 g/mol. The summed E-state index contributed by atoms with van der Waals surface area (Å²) in [6.07, 6.45) is 1.76. The summed E-state index contributed by atoms with van der Waals surface area (Å²) in [5.41, 5.74) is 6.23. The van der Waals surface area contributed by atoms with Gasteiger partial charge >= 0.3 is 0 Å². The maximum Gasteiger partial charge on any atom is 0.197 e. The molecule has 0 radical (unpaired) electrons. The fourth-order valence-electron chi connectivity index (χ4n) is 3.49. The number of aryl methyl sites for hydroxylation is 1. The van der Waals surface area contributed by atoms with E-state index in [-0.39, 0.29) is 5.75 Å². The average molecular weight is 418 g/mol. The lowest BCUT2D eigenvalue weighted by Crippen LogP contribution is -2.05. The van der Waals surface area contributed by atoms with E-state index in [2.05, 4.69) is 9.97 Å². The number of nitrogens with zero attached hydrogens (tertiary/aromatic N) is 2. The summed E-state index contributed by atoms with van der Waals surface area (Å²) < 4.78 is 18.7. The molecule has 1 unspecified atom stereocenters. The highest BCUT2D eigenvalue weighted by atomic mass is 32.2. The molecule has 4 rings (SSSR count). The van der Waals surface area contributed by atoms with Crippen LogP contribution in [0.3, 0.4) is 0 Å². The standard InChI is InChI=1S/C24H23N3O2S/c1-16-14-25-20(17(2)23(16)29-3)15-30(28)24-26-21(18-10-6-4-7-11-18)22(27-24)19-12-8-5-9-13-19/h4-14H,15H2,1-3H3,(H,26,27). The number of H-pyrrole nitrogens is 1. The number of hydrogen-bond donors (Lipinski definition) is 1. The van der Waals surface area contributed by atoms with Crippen molar-refractivity contribution in [1.82, 2.24) is 15.0 Å². The highest BCUT2D eigenvalue weighted by Crippen LogP contribution is 2.31. The lowest BCUT2D eigenvalue weighted by atomic mass is 10.1. The number of pyridine rings is 1. The van der Waals surface area contributed by atoms with Crippen LogP contribution < -0.4 is 4.74 Å². The Bertz CT molecular complexity index is 1130. The van der Waals surface area contributed by atoms with E-state index in [0.717, 1.165) is 45.1 Å². The Morgan fingerprint density at radius 2 is 1.60 bits per heavy atom. The molecule has 0 saturated heterocycles. The van der Waals surface area contributed by atoms with Gasteiger partial charge in [-0.1, -0.05) is 60.7 Å². The molecule has 2 aromatic carbocycles.